The third kappa shape index (κ3) is 6.11. The van der Waals surface area contributed by atoms with Gasteiger partial charge in [0.2, 0.25) is 10.1 Å². The molecule has 0 saturated carbocycles. The van der Waals surface area contributed by atoms with Crippen molar-refractivity contribution in [3.05, 3.63) is 5.01 Å². The fraction of sp³-hybridized carbons (Fsp3) is 0.727. The lowest BCUT2D eigenvalue weighted by Gasteiger charge is -2.11. The zero-order valence-electron chi connectivity index (χ0n) is 11.4. The van der Waals surface area contributed by atoms with Gasteiger partial charge >= 0.3 is 0 Å². The molecule has 0 aliphatic heterocycles. The van der Waals surface area contributed by atoms with Crippen molar-refractivity contribution in [3.8, 4) is 0 Å². The summed E-state index contributed by atoms with van der Waals surface area (Å²) in [6.45, 7) is 4.76. The summed E-state index contributed by atoms with van der Waals surface area (Å²) in [6.07, 6.45) is 3.34. The van der Waals surface area contributed by atoms with Gasteiger partial charge in [-0.25, -0.2) is 0 Å². The van der Waals surface area contributed by atoms with Crippen molar-refractivity contribution in [1.29, 1.82) is 0 Å². The van der Waals surface area contributed by atoms with E-state index in [0.29, 0.717) is 22.3 Å². The van der Waals surface area contributed by atoms with Gasteiger partial charge in [-0.05, 0) is 19.8 Å². The number of nitrogens with one attached hydrogen (secondary N) is 2. The molecule has 8 heteroatoms. The van der Waals surface area contributed by atoms with Gasteiger partial charge in [0.15, 0.2) is 0 Å². The number of hydrogen-bond donors (Lipinski definition) is 2. The molecule has 2 N–H and O–H groups in total. The minimum absolute atomic E-state index is 0.0210. The van der Waals surface area contributed by atoms with Gasteiger partial charge < -0.3 is 10.6 Å². The van der Waals surface area contributed by atoms with E-state index < -0.39 is 10.8 Å². The molecule has 6 nitrogen and oxygen atoms in total. The Morgan fingerprint density at radius 2 is 2.21 bits per heavy atom. The number of rotatable bonds is 8. The van der Waals surface area contributed by atoms with Crippen LogP contribution in [0.15, 0.2) is 0 Å². The molecule has 0 radical (unpaired) electrons. The molecule has 1 aromatic rings. The van der Waals surface area contributed by atoms with Crippen LogP contribution in [0.4, 0.5) is 5.13 Å². The van der Waals surface area contributed by atoms with Crippen LogP contribution in [0.1, 0.15) is 36.5 Å². The SMILES string of the molecule is CCCNc1nnc(C(=O)NC(C)CCS(C)=O)s1. The lowest BCUT2D eigenvalue weighted by molar-refractivity contribution is 0.0938. The third-order valence-corrected chi connectivity index (χ3v) is 4.05. The van der Waals surface area contributed by atoms with Crippen LogP contribution in [0.3, 0.4) is 0 Å². The number of aromatic nitrogens is 2. The first-order chi connectivity index (χ1) is 9.02. The average Bonchev–Trinajstić information content (AvgIpc) is 2.82. The molecule has 1 aromatic heterocycles. The summed E-state index contributed by atoms with van der Waals surface area (Å²) < 4.78 is 11.0. The normalized spacial score (nSPS) is 13.8. The van der Waals surface area contributed by atoms with Crippen molar-refractivity contribution in [1.82, 2.24) is 15.5 Å². The molecule has 1 rings (SSSR count). The highest BCUT2D eigenvalue weighted by atomic mass is 32.2. The Morgan fingerprint density at radius 3 is 2.84 bits per heavy atom. The molecule has 1 heterocycles. The van der Waals surface area contributed by atoms with E-state index in [1.807, 2.05) is 6.92 Å². The van der Waals surface area contributed by atoms with E-state index in [1.54, 1.807) is 6.26 Å². The van der Waals surface area contributed by atoms with E-state index >= 15 is 0 Å². The topological polar surface area (TPSA) is 84.0 Å². The second-order valence-corrected chi connectivity index (χ2v) is 6.81. The monoisotopic (exact) mass is 304 g/mol. The van der Waals surface area contributed by atoms with Crippen LogP contribution in [0.2, 0.25) is 0 Å². The van der Waals surface area contributed by atoms with Gasteiger partial charge in [0.25, 0.3) is 5.91 Å². The first kappa shape index (κ1) is 16.0. The molecule has 0 aliphatic carbocycles. The van der Waals surface area contributed by atoms with Gasteiger partial charge in [-0.1, -0.05) is 18.3 Å². The van der Waals surface area contributed by atoms with Gasteiger partial charge in [-0.2, -0.15) is 0 Å². The van der Waals surface area contributed by atoms with Crippen molar-refractivity contribution >= 4 is 33.2 Å². The van der Waals surface area contributed by atoms with Gasteiger partial charge in [0, 0.05) is 35.4 Å². The van der Waals surface area contributed by atoms with E-state index in [4.69, 9.17) is 0 Å². The predicted octanol–water partition coefficient (Wildman–Crippen LogP) is 1.25. The van der Waals surface area contributed by atoms with E-state index in [-0.39, 0.29) is 11.9 Å². The average molecular weight is 304 g/mol. The zero-order valence-corrected chi connectivity index (χ0v) is 13.1. The standard InChI is InChI=1S/C11H20N4O2S2/c1-4-6-12-11-15-14-10(18-11)9(16)13-8(2)5-7-19(3)17/h8H,4-7H2,1-3H3,(H,12,15)(H,13,16). The summed E-state index contributed by atoms with van der Waals surface area (Å²) in [5.74, 6) is 0.359. The molecule has 2 atom stereocenters. The molecular formula is C11H20N4O2S2. The first-order valence-electron chi connectivity index (χ1n) is 6.21. The van der Waals surface area contributed by atoms with Crippen molar-refractivity contribution in [2.24, 2.45) is 0 Å². The van der Waals surface area contributed by atoms with Crippen LogP contribution in [0.25, 0.3) is 0 Å². The van der Waals surface area contributed by atoms with Crippen LogP contribution < -0.4 is 10.6 Å². The van der Waals surface area contributed by atoms with Gasteiger partial charge in [-0.3, -0.25) is 9.00 Å². The quantitative estimate of drug-likeness (QED) is 0.755. The number of carbonyl (C=O) groups is 1. The summed E-state index contributed by atoms with van der Waals surface area (Å²) in [4.78, 5) is 11.9. The molecule has 2 unspecified atom stereocenters. The molecule has 1 amide bonds. The van der Waals surface area contributed by atoms with E-state index in [9.17, 15) is 9.00 Å². The van der Waals surface area contributed by atoms with Crippen LogP contribution >= 0.6 is 11.3 Å². The fourth-order valence-corrected chi connectivity index (χ4v) is 2.68. The highest BCUT2D eigenvalue weighted by Gasteiger charge is 2.15. The van der Waals surface area contributed by atoms with Crippen LogP contribution in [-0.4, -0.2) is 44.9 Å². The predicted molar refractivity (Wildman–Crippen MR) is 79.2 cm³/mol. The molecule has 0 saturated heterocycles. The Hall–Kier alpha value is -1.02. The highest BCUT2D eigenvalue weighted by molar-refractivity contribution is 7.84. The summed E-state index contributed by atoms with van der Waals surface area (Å²) in [5, 5.41) is 14.7. The molecular weight excluding hydrogens is 284 g/mol. The third-order valence-electron chi connectivity index (χ3n) is 2.36. The summed E-state index contributed by atoms with van der Waals surface area (Å²) >= 11 is 1.24. The van der Waals surface area contributed by atoms with Crippen LogP contribution in [0.5, 0.6) is 0 Å². The number of nitrogens with zero attached hydrogens (tertiary/aromatic N) is 2. The van der Waals surface area contributed by atoms with Crippen molar-refractivity contribution in [2.45, 2.75) is 32.7 Å². The Morgan fingerprint density at radius 1 is 1.47 bits per heavy atom. The zero-order chi connectivity index (χ0) is 14.3. The maximum Gasteiger partial charge on any atom is 0.282 e. The minimum atomic E-state index is -0.832. The number of amides is 1. The Bertz CT molecular complexity index is 436. The summed E-state index contributed by atoms with van der Waals surface area (Å²) in [6, 6.07) is -0.0210. The number of carbonyl (C=O) groups excluding carboxylic acids is 1. The molecule has 19 heavy (non-hydrogen) atoms. The maximum atomic E-state index is 11.9. The van der Waals surface area contributed by atoms with Crippen molar-refractivity contribution < 1.29 is 9.00 Å². The number of hydrogen-bond acceptors (Lipinski definition) is 6. The smallest absolute Gasteiger partial charge is 0.282 e. The molecule has 0 fully saturated rings. The Labute approximate surface area is 119 Å². The van der Waals surface area contributed by atoms with Crippen LogP contribution in [-0.2, 0) is 10.8 Å². The molecule has 0 aromatic carbocycles. The summed E-state index contributed by atoms with van der Waals surface area (Å²) in [7, 11) is -0.832. The first-order valence-corrected chi connectivity index (χ1v) is 8.75. The van der Waals surface area contributed by atoms with Crippen LogP contribution in [0, 0.1) is 0 Å². The molecule has 0 bridgehead atoms. The van der Waals surface area contributed by atoms with Crippen molar-refractivity contribution in [2.75, 3.05) is 23.9 Å². The van der Waals surface area contributed by atoms with E-state index in [2.05, 4.69) is 27.8 Å². The fourth-order valence-electron chi connectivity index (χ4n) is 1.32. The van der Waals surface area contributed by atoms with E-state index in [1.165, 1.54) is 11.3 Å². The van der Waals surface area contributed by atoms with Gasteiger partial charge in [0.05, 0.1) is 0 Å². The summed E-state index contributed by atoms with van der Waals surface area (Å²) in [5.41, 5.74) is 0. The molecule has 0 aliphatic rings. The van der Waals surface area contributed by atoms with Crippen molar-refractivity contribution in [3.63, 3.8) is 0 Å². The maximum absolute atomic E-state index is 11.9. The second-order valence-electron chi connectivity index (χ2n) is 4.28. The lowest BCUT2D eigenvalue weighted by atomic mass is 10.2. The lowest BCUT2D eigenvalue weighted by Crippen LogP contribution is -2.33. The van der Waals surface area contributed by atoms with Gasteiger partial charge in [0.1, 0.15) is 0 Å². The Balaban J connectivity index is 2.44. The highest BCUT2D eigenvalue weighted by Crippen LogP contribution is 2.15. The number of anilines is 1. The van der Waals surface area contributed by atoms with E-state index in [0.717, 1.165) is 13.0 Å². The molecule has 108 valence electrons. The largest absolute Gasteiger partial charge is 0.360 e. The molecule has 0 spiro atoms. The van der Waals surface area contributed by atoms with Gasteiger partial charge in [-0.15, -0.1) is 10.2 Å². The second kappa shape index (κ2) is 8.21. The Kier molecular flexibility index (Phi) is 6.93. The minimum Gasteiger partial charge on any atom is -0.360 e.